The average Bonchev–Trinajstić information content (AvgIpc) is 2.92. The first kappa shape index (κ1) is 15.3. The maximum absolute atomic E-state index is 6.07. The summed E-state index contributed by atoms with van der Waals surface area (Å²) >= 11 is 0. The molecule has 0 amide bonds. The molecule has 1 saturated heterocycles. The zero-order valence-corrected chi connectivity index (χ0v) is 13.0. The molecule has 2 aliphatic rings. The molecule has 3 nitrogen and oxygen atoms in total. The molecular weight excluding hydrogens is 234 g/mol. The lowest BCUT2D eigenvalue weighted by atomic mass is 9.79. The maximum atomic E-state index is 6.07. The predicted molar refractivity (Wildman–Crippen MR) is 82.3 cm³/mol. The van der Waals surface area contributed by atoms with E-state index in [4.69, 9.17) is 5.73 Å². The second-order valence-electron chi connectivity index (χ2n) is 6.85. The summed E-state index contributed by atoms with van der Waals surface area (Å²) in [6.07, 6.45) is 8.37. The van der Waals surface area contributed by atoms with Crippen LogP contribution in [0, 0.1) is 11.8 Å². The van der Waals surface area contributed by atoms with Gasteiger partial charge in [-0.2, -0.15) is 0 Å². The highest BCUT2D eigenvalue weighted by Crippen LogP contribution is 2.31. The topological polar surface area (TPSA) is 32.5 Å². The Kier molecular flexibility index (Phi) is 6.11. The Morgan fingerprint density at radius 1 is 1.16 bits per heavy atom. The third-order valence-electron chi connectivity index (χ3n) is 5.38. The van der Waals surface area contributed by atoms with Gasteiger partial charge in [0.25, 0.3) is 0 Å². The van der Waals surface area contributed by atoms with Gasteiger partial charge in [-0.15, -0.1) is 0 Å². The highest BCUT2D eigenvalue weighted by Gasteiger charge is 2.28. The van der Waals surface area contributed by atoms with Gasteiger partial charge in [-0.3, -0.25) is 0 Å². The van der Waals surface area contributed by atoms with Crippen molar-refractivity contribution >= 4 is 0 Å². The predicted octanol–water partition coefficient (Wildman–Crippen LogP) is 2.17. The van der Waals surface area contributed by atoms with Crippen molar-refractivity contribution in [3.05, 3.63) is 0 Å². The van der Waals surface area contributed by atoms with Crippen molar-refractivity contribution in [2.45, 2.75) is 51.5 Å². The van der Waals surface area contributed by atoms with Crippen LogP contribution < -0.4 is 5.73 Å². The van der Waals surface area contributed by atoms with E-state index in [-0.39, 0.29) is 0 Å². The van der Waals surface area contributed by atoms with E-state index in [2.05, 4.69) is 23.8 Å². The van der Waals surface area contributed by atoms with Crippen LogP contribution in [-0.2, 0) is 0 Å². The molecule has 0 spiro atoms. The molecule has 0 bridgehead atoms. The van der Waals surface area contributed by atoms with Crippen LogP contribution in [0.15, 0.2) is 0 Å². The number of hydrogen-bond donors (Lipinski definition) is 1. The second-order valence-corrected chi connectivity index (χ2v) is 6.85. The van der Waals surface area contributed by atoms with Crippen LogP contribution in [-0.4, -0.2) is 55.6 Å². The average molecular weight is 267 g/mol. The van der Waals surface area contributed by atoms with Gasteiger partial charge >= 0.3 is 0 Å². The van der Waals surface area contributed by atoms with Crippen LogP contribution in [0.4, 0.5) is 0 Å². The van der Waals surface area contributed by atoms with Gasteiger partial charge in [-0.1, -0.05) is 19.8 Å². The van der Waals surface area contributed by atoms with Gasteiger partial charge in [-0.25, -0.2) is 0 Å². The molecule has 2 rings (SSSR count). The summed E-state index contributed by atoms with van der Waals surface area (Å²) in [5.74, 6) is 1.77. The van der Waals surface area contributed by atoms with E-state index < -0.39 is 0 Å². The summed E-state index contributed by atoms with van der Waals surface area (Å²) in [6.45, 7) is 8.26. The third kappa shape index (κ3) is 4.44. The molecule has 1 aliphatic carbocycles. The molecule has 2 fully saturated rings. The van der Waals surface area contributed by atoms with E-state index in [1.54, 1.807) is 0 Å². The first-order chi connectivity index (χ1) is 9.20. The molecule has 2 N–H and O–H groups in total. The summed E-state index contributed by atoms with van der Waals surface area (Å²) in [4.78, 5) is 5.14. The van der Waals surface area contributed by atoms with Crippen LogP contribution in [0.25, 0.3) is 0 Å². The van der Waals surface area contributed by atoms with Crippen molar-refractivity contribution in [1.29, 1.82) is 0 Å². The first-order valence-electron chi connectivity index (χ1n) is 8.33. The SMILES string of the molecule is CC1CCC(C(CN)N(C)CCN2CCCC2)CC1. The van der Waals surface area contributed by atoms with E-state index in [1.807, 2.05) is 0 Å². The summed E-state index contributed by atoms with van der Waals surface area (Å²) in [5, 5.41) is 0. The van der Waals surface area contributed by atoms with E-state index >= 15 is 0 Å². The fourth-order valence-corrected chi connectivity index (χ4v) is 3.87. The van der Waals surface area contributed by atoms with Gasteiger partial charge in [0.05, 0.1) is 0 Å². The zero-order chi connectivity index (χ0) is 13.7. The van der Waals surface area contributed by atoms with Crippen molar-refractivity contribution in [1.82, 2.24) is 9.80 Å². The van der Waals surface area contributed by atoms with Gasteiger partial charge in [0.15, 0.2) is 0 Å². The normalized spacial score (nSPS) is 30.9. The number of nitrogens with two attached hydrogens (primary N) is 1. The van der Waals surface area contributed by atoms with E-state index in [0.29, 0.717) is 6.04 Å². The monoisotopic (exact) mass is 267 g/mol. The Morgan fingerprint density at radius 3 is 2.37 bits per heavy atom. The van der Waals surface area contributed by atoms with E-state index in [9.17, 15) is 0 Å². The van der Waals surface area contributed by atoms with Crippen molar-refractivity contribution in [3.63, 3.8) is 0 Å². The van der Waals surface area contributed by atoms with Crippen molar-refractivity contribution in [2.24, 2.45) is 17.6 Å². The fraction of sp³-hybridized carbons (Fsp3) is 1.00. The Bertz CT molecular complexity index is 242. The van der Waals surface area contributed by atoms with Crippen molar-refractivity contribution in [2.75, 3.05) is 39.8 Å². The third-order valence-corrected chi connectivity index (χ3v) is 5.38. The zero-order valence-electron chi connectivity index (χ0n) is 13.0. The Balaban J connectivity index is 1.75. The Morgan fingerprint density at radius 2 is 1.79 bits per heavy atom. The molecule has 1 heterocycles. The van der Waals surface area contributed by atoms with Gasteiger partial charge in [0.2, 0.25) is 0 Å². The van der Waals surface area contributed by atoms with E-state index in [1.165, 1.54) is 64.7 Å². The minimum absolute atomic E-state index is 0.607. The minimum atomic E-state index is 0.607. The van der Waals surface area contributed by atoms with Gasteiger partial charge in [0.1, 0.15) is 0 Å². The summed E-state index contributed by atoms with van der Waals surface area (Å²) in [7, 11) is 2.28. The van der Waals surface area contributed by atoms with Crippen molar-refractivity contribution in [3.8, 4) is 0 Å². The summed E-state index contributed by atoms with van der Waals surface area (Å²) < 4.78 is 0. The molecule has 1 unspecified atom stereocenters. The first-order valence-corrected chi connectivity index (χ1v) is 8.33. The van der Waals surface area contributed by atoms with Crippen LogP contribution in [0.5, 0.6) is 0 Å². The van der Waals surface area contributed by atoms with Crippen LogP contribution in [0.3, 0.4) is 0 Å². The van der Waals surface area contributed by atoms with Crippen LogP contribution >= 0.6 is 0 Å². The summed E-state index contributed by atoms with van der Waals surface area (Å²) in [5.41, 5.74) is 6.07. The Hall–Kier alpha value is -0.120. The second kappa shape index (κ2) is 7.61. The van der Waals surface area contributed by atoms with Gasteiger partial charge in [-0.05, 0) is 57.7 Å². The number of likely N-dealkylation sites (N-methyl/N-ethyl adjacent to an activating group) is 1. The lowest BCUT2D eigenvalue weighted by molar-refractivity contribution is 0.125. The largest absolute Gasteiger partial charge is 0.329 e. The number of likely N-dealkylation sites (tertiary alicyclic amines) is 1. The molecule has 1 aliphatic heterocycles. The molecule has 1 atom stereocenters. The Labute approximate surface area is 119 Å². The van der Waals surface area contributed by atoms with E-state index in [0.717, 1.165) is 18.4 Å². The molecule has 0 aromatic carbocycles. The molecule has 3 heteroatoms. The lowest BCUT2D eigenvalue weighted by Crippen LogP contribution is -2.47. The molecule has 1 saturated carbocycles. The van der Waals surface area contributed by atoms with Crippen molar-refractivity contribution < 1.29 is 0 Å². The van der Waals surface area contributed by atoms with Crippen LogP contribution in [0.1, 0.15) is 45.4 Å². The fourth-order valence-electron chi connectivity index (χ4n) is 3.87. The standard InChI is InChI=1S/C16H33N3/c1-14-5-7-15(8-6-14)16(13-17)18(2)11-12-19-9-3-4-10-19/h14-16H,3-13,17H2,1-2H3. The minimum Gasteiger partial charge on any atom is -0.329 e. The quantitative estimate of drug-likeness (QED) is 0.800. The number of nitrogens with zero attached hydrogens (tertiary/aromatic N) is 2. The molecular formula is C16H33N3. The van der Waals surface area contributed by atoms with Gasteiger partial charge in [0, 0.05) is 25.7 Å². The van der Waals surface area contributed by atoms with Crippen LogP contribution in [0.2, 0.25) is 0 Å². The summed E-state index contributed by atoms with van der Waals surface area (Å²) in [6, 6.07) is 0.607. The molecule has 0 aromatic heterocycles. The lowest BCUT2D eigenvalue weighted by Gasteiger charge is -2.38. The van der Waals surface area contributed by atoms with Gasteiger partial charge < -0.3 is 15.5 Å². The smallest absolute Gasteiger partial charge is 0.0244 e. The molecule has 0 aromatic rings. The number of rotatable bonds is 6. The highest BCUT2D eigenvalue weighted by molar-refractivity contribution is 4.83. The maximum Gasteiger partial charge on any atom is 0.0244 e. The number of hydrogen-bond acceptors (Lipinski definition) is 3. The highest BCUT2D eigenvalue weighted by atomic mass is 15.2. The molecule has 112 valence electrons. The molecule has 0 radical (unpaired) electrons. The molecule has 19 heavy (non-hydrogen) atoms.